The first kappa shape index (κ1) is 16.2. The van der Waals surface area contributed by atoms with E-state index in [0.717, 1.165) is 20.2 Å². The van der Waals surface area contributed by atoms with Gasteiger partial charge in [0.15, 0.2) is 0 Å². The molecule has 0 aliphatic carbocycles. The molecular formula is C14H10Br2F3NO. The lowest BCUT2D eigenvalue weighted by Crippen LogP contribution is -2.17. The highest BCUT2D eigenvalue weighted by atomic mass is 79.9. The van der Waals surface area contributed by atoms with Gasteiger partial charge in [0.25, 0.3) is 0 Å². The fraction of sp³-hybridized carbons (Fsp3) is 0.143. The quantitative estimate of drug-likeness (QED) is 0.677. The molecule has 0 aliphatic heterocycles. The van der Waals surface area contributed by atoms with Gasteiger partial charge in [-0.15, -0.1) is 13.2 Å². The molecule has 112 valence electrons. The van der Waals surface area contributed by atoms with Crippen LogP contribution in [0.3, 0.4) is 0 Å². The van der Waals surface area contributed by atoms with Crippen molar-refractivity contribution in [1.82, 2.24) is 0 Å². The van der Waals surface area contributed by atoms with Crippen LogP contribution in [0.4, 0.5) is 18.9 Å². The Kier molecular flexibility index (Phi) is 5.16. The van der Waals surface area contributed by atoms with E-state index in [4.69, 9.17) is 0 Å². The van der Waals surface area contributed by atoms with Crippen LogP contribution in [0.1, 0.15) is 5.56 Å². The number of nitrogens with one attached hydrogen (secondary N) is 1. The van der Waals surface area contributed by atoms with Crippen molar-refractivity contribution in [3.63, 3.8) is 0 Å². The minimum Gasteiger partial charge on any atom is -0.406 e. The van der Waals surface area contributed by atoms with Crippen LogP contribution in [-0.4, -0.2) is 6.36 Å². The molecular weight excluding hydrogens is 415 g/mol. The number of halogens is 5. The maximum absolute atomic E-state index is 12.0. The zero-order valence-electron chi connectivity index (χ0n) is 10.5. The van der Waals surface area contributed by atoms with E-state index in [1.54, 1.807) is 12.1 Å². The van der Waals surface area contributed by atoms with Crippen LogP contribution in [0.15, 0.2) is 51.4 Å². The van der Waals surface area contributed by atoms with E-state index in [-0.39, 0.29) is 5.75 Å². The Morgan fingerprint density at radius 3 is 2.24 bits per heavy atom. The highest BCUT2D eigenvalue weighted by molar-refractivity contribution is 9.11. The summed E-state index contributed by atoms with van der Waals surface area (Å²) in [4.78, 5) is 0. The molecule has 0 atom stereocenters. The van der Waals surface area contributed by atoms with Gasteiger partial charge in [0.05, 0.1) is 0 Å². The van der Waals surface area contributed by atoms with Crippen molar-refractivity contribution in [3.8, 4) is 5.75 Å². The number of ether oxygens (including phenoxy) is 1. The van der Waals surface area contributed by atoms with E-state index in [9.17, 15) is 13.2 Å². The largest absolute Gasteiger partial charge is 0.573 e. The summed E-state index contributed by atoms with van der Waals surface area (Å²) < 4.78 is 41.8. The molecule has 2 aromatic rings. The molecule has 21 heavy (non-hydrogen) atoms. The van der Waals surface area contributed by atoms with Crippen LogP contribution in [0.5, 0.6) is 5.75 Å². The highest BCUT2D eigenvalue weighted by Gasteiger charge is 2.30. The molecule has 0 saturated carbocycles. The summed E-state index contributed by atoms with van der Waals surface area (Å²) >= 11 is 6.79. The summed E-state index contributed by atoms with van der Waals surface area (Å²) in [6, 6.07) is 11.5. The van der Waals surface area contributed by atoms with Gasteiger partial charge in [-0.2, -0.15) is 0 Å². The molecule has 0 fully saturated rings. The fourth-order valence-corrected chi connectivity index (χ4v) is 2.83. The van der Waals surface area contributed by atoms with E-state index in [1.165, 1.54) is 12.1 Å². The van der Waals surface area contributed by atoms with Crippen LogP contribution in [-0.2, 0) is 6.54 Å². The van der Waals surface area contributed by atoms with E-state index < -0.39 is 6.36 Å². The Balaban J connectivity index is 1.97. The van der Waals surface area contributed by atoms with Crippen molar-refractivity contribution < 1.29 is 17.9 Å². The zero-order chi connectivity index (χ0) is 15.5. The van der Waals surface area contributed by atoms with Crippen molar-refractivity contribution in [2.75, 3.05) is 5.32 Å². The lowest BCUT2D eigenvalue weighted by molar-refractivity contribution is -0.274. The number of alkyl halides is 3. The van der Waals surface area contributed by atoms with Gasteiger partial charge in [-0.3, -0.25) is 0 Å². The fourth-order valence-electron chi connectivity index (χ4n) is 1.64. The molecule has 0 spiro atoms. The minimum absolute atomic E-state index is 0.226. The molecule has 0 saturated heterocycles. The van der Waals surface area contributed by atoms with Crippen molar-refractivity contribution in [2.24, 2.45) is 0 Å². The zero-order valence-corrected chi connectivity index (χ0v) is 13.7. The molecule has 2 rings (SSSR count). The molecule has 0 radical (unpaired) electrons. The second-order valence-electron chi connectivity index (χ2n) is 4.17. The number of hydrogen-bond acceptors (Lipinski definition) is 2. The van der Waals surface area contributed by atoms with Crippen LogP contribution in [0.25, 0.3) is 0 Å². The van der Waals surface area contributed by atoms with Crippen molar-refractivity contribution in [1.29, 1.82) is 0 Å². The monoisotopic (exact) mass is 423 g/mol. The van der Waals surface area contributed by atoms with Gasteiger partial charge in [-0.25, -0.2) is 0 Å². The third kappa shape index (κ3) is 5.24. The standard InChI is InChI=1S/C14H10Br2F3NO/c15-10-3-6-13(12(16)7-10)20-8-9-1-4-11(5-2-9)21-14(17,18)19/h1-7,20H,8H2. The Morgan fingerprint density at radius 2 is 1.67 bits per heavy atom. The van der Waals surface area contributed by atoms with Gasteiger partial charge in [-0.05, 0) is 51.8 Å². The van der Waals surface area contributed by atoms with Gasteiger partial charge in [-0.1, -0.05) is 28.1 Å². The van der Waals surface area contributed by atoms with Gasteiger partial charge in [0.1, 0.15) is 5.75 Å². The highest BCUT2D eigenvalue weighted by Crippen LogP contribution is 2.27. The predicted molar refractivity (Wildman–Crippen MR) is 82.3 cm³/mol. The molecule has 0 aliphatic rings. The predicted octanol–water partition coefficient (Wildman–Crippen LogP) is 5.72. The van der Waals surface area contributed by atoms with E-state index in [1.807, 2.05) is 18.2 Å². The molecule has 1 N–H and O–H groups in total. The summed E-state index contributed by atoms with van der Waals surface area (Å²) in [6.07, 6.45) is -4.66. The molecule has 0 aromatic heterocycles. The van der Waals surface area contributed by atoms with Crippen LogP contribution in [0.2, 0.25) is 0 Å². The normalized spacial score (nSPS) is 11.3. The molecule has 7 heteroatoms. The average molecular weight is 425 g/mol. The van der Waals surface area contributed by atoms with Crippen molar-refractivity contribution >= 4 is 37.5 Å². The Hall–Kier alpha value is -1.21. The third-order valence-electron chi connectivity index (χ3n) is 2.57. The number of rotatable bonds is 4. The molecule has 0 amide bonds. The van der Waals surface area contributed by atoms with E-state index >= 15 is 0 Å². The first-order valence-corrected chi connectivity index (χ1v) is 7.46. The van der Waals surface area contributed by atoms with Crippen LogP contribution < -0.4 is 10.1 Å². The maximum Gasteiger partial charge on any atom is 0.573 e. The van der Waals surface area contributed by atoms with Crippen molar-refractivity contribution in [2.45, 2.75) is 12.9 Å². The second kappa shape index (κ2) is 6.70. The SMILES string of the molecule is FC(F)(F)Oc1ccc(CNc2ccc(Br)cc2Br)cc1. The minimum atomic E-state index is -4.66. The Morgan fingerprint density at radius 1 is 1.00 bits per heavy atom. The molecule has 0 heterocycles. The van der Waals surface area contributed by atoms with Gasteiger partial charge >= 0.3 is 6.36 Å². The van der Waals surface area contributed by atoms with E-state index in [2.05, 4.69) is 41.9 Å². The van der Waals surface area contributed by atoms with Crippen molar-refractivity contribution in [3.05, 3.63) is 57.0 Å². The smallest absolute Gasteiger partial charge is 0.406 e. The maximum atomic E-state index is 12.0. The average Bonchev–Trinajstić information content (AvgIpc) is 2.38. The summed E-state index contributed by atoms with van der Waals surface area (Å²) in [7, 11) is 0. The first-order chi connectivity index (χ1) is 9.83. The molecule has 2 nitrogen and oxygen atoms in total. The van der Waals surface area contributed by atoms with Crippen LogP contribution in [0, 0.1) is 0 Å². The molecule has 2 aromatic carbocycles. The van der Waals surface area contributed by atoms with Gasteiger partial charge in [0.2, 0.25) is 0 Å². The lowest BCUT2D eigenvalue weighted by atomic mass is 10.2. The topological polar surface area (TPSA) is 21.3 Å². The molecule has 0 unspecified atom stereocenters. The van der Waals surface area contributed by atoms with Gasteiger partial charge < -0.3 is 10.1 Å². The number of anilines is 1. The second-order valence-corrected chi connectivity index (χ2v) is 5.94. The lowest BCUT2D eigenvalue weighted by Gasteiger charge is -2.11. The number of benzene rings is 2. The molecule has 0 bridgehead atoms. The summed E-state index contributed by atoms with van der Waals surface area (Å²) in [5, 5.41) is 3.19. The Labute approximate surface area is 136 Å². The third-order valence-corrected chi connectivity index (χ3v) is 3.72. The number of hydrogen-bond donors (Lipinski definition) is 1. The van der Waals surface area contributed by atoms with Gasteiger partial charge in [0, 0.05) is 21.2 Å². The summed E-state index contributed by atoms with van der Waals surface area (Å²) in [5.41, 5.74) is 1.74. The van der Waals surface area contributed by atoms with E-state index in [0.29, 0.717) is 6.54 Å². The summed E-state index contributed by atoms with van der Waals surface area (Å²) in [5.74, 6) is -0.226. The Bertz CT molecular complexity index is 615. The summed E-state index contributed by atoms with van der Waals surface area (Å²) in [6.45, 7) is 0.493. The van der Waals surface area contributed by atoms with Crippen LogP contribution >= 0.6 is 31.9 Å². The first-order valence-electron chi connectivity index (χ1n) is 5.87.